The smallest absolute Gasteiger partial charge is 0.506 e. The summed E-state index contributed by atoms with van der Waals surface area (Å²) >= 11 is 6.21. The van der Waals surface area contributed by atoms with E-state index in [1.807, 2.05) is 12.1 Å². The molecule has 0 saturated carbocycles. The predicted molar refractivity (Wildman–Crippen MR) is 93.7 cm³/mol. The maximum atomic E-state index is 6.21. The van der Waals surface area contributed by atoms with E-state index in [2.05, 4.69) is 23.0 Å². The molecule has 0 aliphatic carbocycles. The standard InChI is InChI=1S/C15H18B2ClNO3/c1-20-16-19-9-10(8-18)15-12-6-4-3-5-11(12)14(7-13(15)19)22-17-21-2/h3-7,10,16-17H,8-9H2,1-2H3/t10-/m1/s1. The van der Waals surface area contributed by atoms with Crippen LogP contribution in [0.3, 0.4) is 0 Å². The summed E-state index contributed by atoms with van der Waals surface area (Å²) in [6.07, 6.45) is 0. The molecule has 7 heteroatoms. The summed E-state index contributed by atoms with van der Waals surface area (Å²) in [7, 11) is 4.10. The van der Waals surface area contributed by atoms with Crippen LogP contribution in [0.25, 0.3) is 10.8 Å². The zero-order chi connectivity index (χ0) is 15.5. The highest BCUT2D eigenvalue weighted by molar-refractivity contribution is 6.35. The minimum absolute atomic E-state index is 0.228. The van der Waals surface area contributed by atoms with Gasteiger partial charge in [-0.05, 0) is 10.9 Å². The molecule has 3 rings (SSSR count). The van der Waals surface area contributed by atoms with E-state index in [-0.39, 0.29) is 7.69 Å². The van der Waals surface area contributed by atoms with E-state index in [4.69, 9.17) is 25.6 Å². The Bertz CT molecular complexity index is 671. The summed E-state index contributed by atoms with van der Waals surface area (Å²) in [6.45, 7) is 0.865. The van der Waals surface area contributed by atoms with Gasteiger partial charge in [-0.2, -0.15) is 0 Å². The van der Waals surface area contributed by atoms with Crippen molar-refractivity contribution in [3.05, 3.63) is 35.9 Å². The van der Waals surface area contributed by atoms with Crippen molar-refractivity contribution >= 4 is 43.4 Å². The number of halogens is 1. The minimum atomic E-state index is 0.228. The number of benzene rings is 2. The lowest BCUT2D eigenvalue weighted by atomic mass is 9.95. The largest absolute Gasteiger partial charge is 0.538 e. The summed E-state index contributed by atoms with van der Waals surface area (Å²) in [6, 6.07) is 10.3. The van der Waals surface area contributed by atoms with Gasteiger partial charge in [-0.3, -0.25) is 0 Å². The first-order valence-corrected chi connectivity index (χ1v) is 7.80. The molecule has 0 amide bonds. The first-order valence-electron chi connectivity index (χ1n) is 7.27. The van der Waals surface area contributed by atoms with Crippen LogP contribution in [-0.4, -0.2) is 41.9 Å². The zero-order valence-electron chi connectivity index (χ0n) is 12.8. The molecule has 1 heterocycles. The summed E-state index contributed by atoms with van der Waals surface area (Å²) in [5, 5.41) is 2.28. The summed E-state index contributed by atoms with van der Waals surface area (Å²) in [5.74, 6) is 1.72. The summed E-state index contributed by atoms with van der Waals surface area (Å²) < 4.78 is 16.1. The molecule has 2 aromatic rings. The van der Waals surface area contributed by atoms with Gasteiger partial charge < -0.3 is 18.8 Å². The van der Waals surface area contributed by atoms with Crippen molar-refractivity contribution in [1.82, 2.24) is 0 Å². The van der Waals surface area contributed by atoms with Gasteiger partial charge in [-0.25, -0.2) is 0 Å². The molecule has 0 unspecified atom stereocenters. The number of fused-ring (bicyclic) bond motifs is 3. The number of hydrogen-bond acceptors (Lipinski definition) is 4. The topological polar surface area (TPSA) is 30.9 Å². The minimum Gasteiger partial charge on any atom is -0.538 e. The first-order chi connectivity index (χ1) is 10.8. The Hall–Kier alpha value is -1.36. The lowest BCUT2D eigenvalue weighted by Gasteiger charge is -2.19. The highest BCUT2D eigenvalue weighted by Crippen LogP contribution is 2.45. The molecule has 1 aliphatic rings. The van der Waals surface area contributed by atoms with Gasteiger partial charge in [0.25, 0.3) is 0 Å². The third-order valence-electron chi connectivity index (χ3n) is 4.02. The fourth-order valence-corrected chi connectivity index (χ4v) is 3.39. The molecule has 0 saturated heterocycles. The van der Waals surface area contributed by atoms with Crippen LogP contribution in [0.15, 0.2) is 30.3 Å². The maximum Gasteiger partial charge on any atom is 0.506 e. The van der Waals surface area contributed by atoms with E-state index < -0.39 is 0 Å². The second-order valence-electron chi connectivity index (χ2n) is 5.40. The zero-order valence-corrected chi connectivity index (χ0v) is 13.6. The quantitative estimate of drug-likeness (QED) is 0.604. The average molecular weight is 317 g/mol. The molecule has 0 N–H and O–H groups in total. The van der Waals surface area contributed by atoms with Gasteiger partial charge in [-0.15, -0.1) is 11.6 Å². The van der Waals surface area contributed by atoms with Gasteiger partial charge in [0.05, 0.1) is 0 Å². The molecule has 2 aromatic carbocycles. The van der Waals surface area contributed by atoms with Crippen LogP contribution in [0.4, 0.5) is 5.69 Å². The number of hydrogen-bond donors (Lipinski definition) is 0. The van der Waals surface area contributed by atoms with Gasteiger partial charge in [0.2, 0.25) is 0 Å². The molecule has 0 bridgehead atoms. The summed E-state index contributed by atoms with van der Waals surface area (Å²) in [4.78, 5) is 2.20. The lowest BCUT2D eigenvalue weighted by molar-refractivity contribution is 0.367. The number of rotatable bonds is 6. The van der Waals surface area contributed by atoms with Gasteiger partial charge >= 0.3 is 15.3 Å². The normalized spacial score (nSPS) is 16.7. The molecule has 1 aliphatic heterocycles. The molecule has 0 aromatic heterocycles. The third kappa shape index (κ3) is 2.67. The Labute approximate surface area is 136 Å². The molecular formula is C15H18B2ClNO3. The molecular weight excluding hydrogens is 299 g/mol. The Morgan fingerprint density at radius 3 is 2.68 bits per heavy atom. The Kier molecular flexibility index (Phi) is 4.81. The Balaban J connectivity index is 2.17. The molecule has 0 spiro atoms. The maximum absolute atomic E-state index is 6.21. The molecule has 4 nitrogen and oxygen atoms in total. The summed E-state index contributed by atoms with van der Waals surface area (Å²) in [5.41, 5.74) is 2.42. The van der Waals surface area contributed by atoms with Gasteiger partial charge in [0, 0.05) is 49.7 Å². The predicted octanol–water partition coefficient (Wildman–Crippen LogP) is 2.19. The van der Waals surface area contributed by atoms with E-state index >= 15 is 0 Å². The van der Waals surface area contributed by atoms with Gasteiger partial charge in [0.15, 0.2) is 0 Å². The Morgan fingerprint density at radius 1 is 1.23 bits per heavy atom. The van der Waals surface area contributed by atoms with Crippen molar-refractivity contribution < 1.29 is 14.0 Å². The number of anilines is 1. The van der Waals surface area contributed by atoms with Crippen LogP contribution in [0.1, 0.15) is 11.5 Å². The van der Waals surface area contributed by atoms with Crippen LogP contribution in [0.2, 0.25) is 0 Å². The molecule has 0 radical (unpaired) electrons. The van der Waals surface area contributed by atoms with E-state index in [1.54, 1.807) is 14.2 Å². The van der Waals surface area contributed by atoms with E-state index in [0.29, 0.717) is 19.4 Å². The highest BCUT2D eigenvalue weighted by atomic mass is 35.5. The first kappa shape index (κ1) is 15.5. The number of nitrogens with zero attached hydrogens (tertiary/aromatic N) is 1. The fourth-order valence-electron chi connectivity index (χ4n) is 3.14. The third-order valence-corrected chi connectivity index (χ3v) is 4.39. The van der Waals surface area contributed by atoms with Crippen LogP contribution in [-0.2, 0) is 9.31 Å². The van der Waals surface area contributed by atoms with E-state index in [9.17, 15) is 0 Å². The Morgan fingerprint density at radius 2 is 2.00 bits per heavy atom. The second-order valence-corrected chi connectivity index (χ2v) is 5.70. The average Bonchev–Trinajstić information content (AvgIpc) is 2.91. The second kappa shape index (κ2) is 6.82. The van der Waals surface area contributed by atoms with E-state index in [0.717, 1.165) is 23.4 Å². The molecule has 114 valence electrons. The van der Waals surface area contributed by atoms with Crippen LogP contribution >= 0.6 is 11.6 Å². The van der Waals surface area contributed by atoms with Crippen molar-refractivity contribution in [2.24, 2.45) is 0 Å². The van der Waals surface area contributed by atoms with Crippen molar-refractivity contribution in [1.29, 1.82) is 0 Å². The van der Waals surface area contributed by atoms with Crippen LogP contribution < -0.4 is 9.47 Å². The monoisotopic (exact) mass is 317 g/mol. The molecule has 22 heavy (non-hydrogen) atoms. The van der Waals surface area contributed by atoms with Gasteiger partial charge in [-0.1, -0.05) is 24.3 Å². The van der Waals surface area contributed by atoms with Gasteiger partial charge in [0.1, 0.15) is 5.75 Å². The highest BCUT2D eigenvalue weighted by Gasteiger charge is 2.31. The van der Waals surface area contributed by atoms with Crippen molar-refractivity contribution in [2.75, 3.05) is 31.5 Å². The molecule has 0 fully saturated rings. The van der Waals surface area contributed by atoms with E-state index in [1.165, 1.54) is 10.9 Å². The van der Waals surface area contributed by atoms with Crippen molar-refractivity contribution in [2.45, 2.75) is 5.92 Å². The van der Waals surface area contributed by atoms with Crippen LogP contribution in [0, 0.1) is 0 Å². The van der Waals surface area contributed by atoms with Crippen molar-refractivity contribution in [3.63, 3.8) is 0 Å². The van der Waals surface area contributed by atoms with Crippen LogP contribution in [0.5, 0.6) is 5.75 Å². The lowest BCUT2D eigenvalue weighted by Crippen LogP contribution is -2.28. The molecule has 1 atom stereocenters. The fraction of sp³-hybridized carbons (Fsp3) is 0.333. The van der Waals surface area contributed by atoms with Crippen molar-refractivity contribution in [3.8, 4) is 5.75 Å². The SMILES string of the molecule is COBOc1cc2c(c3ccccc13)[C@H](CCl)CN2BOC. The number of alkyl halides is 1.